The minimum absolute atomic E-state index is 0.0458. The summed E-state index contributed by atoms with van der Waals surface area (Å²) in [5.74, 6) is 0.685. The molecule has 0 heterocycles. The molecule has 0 spiro atoms. The van der Waals surface area contributed by atoms with Crippen molar-refractivity contribution in [1.82, 2.24) is 20.9 Å². The first-order valence-corrected chi connectivity index (χ1v) is 15.2. The van der Waals surface area contributed by atoms with Crippen LogP contribution in [0.3, 0.4) is 0 Å². The number of likely N-dealkylation sites (N-methyl/N-ethyl adjacent to an activating group) is 2. The highest BCUT2D eigenvalue weighted by molar-refractivity contribution is 5.87. The normalized spacial score (nSPS) is 11.9. The first kappa shape index (κ1) is 40.4. The van der Waals surface area contributed by atoms with Crippen molar-refractivity contribution >= 4 is 18.2 Å². The van der Waals surface area contributed by atoms with E-state index in [1.807, 2.05) is 58.9 Å². The number of alkyl halides is 3. The molecule has 0 radical (unpaired) electrons. The number of rotatable bonds is 16. The van der Waals surface area contributed by atoms with Crippen molar-refractivity contribution in [2.45, 2.75) is 73.0 Å². The molecule has 0 fully saturated rings. The molecular weight excluding hydrogens is 573 g/mol. The Labute approximate surface area is 261 Å². The van der Waals surface area contributed by atoms with E-state index in [-0.39, 0.29) is 30.3 Å². The largest absolute Gasteiger partial charge is 0.492 e. The van der Waals surface area contributed by atoms with E-state index >= 15 is 0 Å². The van der Waals surface area contributed by atoms with Crippen LogP contribution in [0.25, 0.3) is 0 Å². The third-order valence-corrected chi connectivity index (χ3v) is 6.54. The lowest BCUT2D eigenvalue weighted by atomic mass is 9.98. The van der Waals surface area contributed by atoms with Gasteiger partial charge in [-0.2, -0.15) is 13.2 Å². The molecule has 0 aliphatic heterocycles. The Hall–Kier alpha value is -3.60. The highest BCUT2D eigenvalue weighted by Crippen LogP contribution is 2.28. The first-order chi connectivity index (χ1) is 20.9. The molecule has 2 aromatic rings. The fourth-order valence-electron chi connectivity index (χ4n) is 3.96. The van der Waals surface area contributed by atoms with Gasteiger partial charge in [-0.25, -0.2) is 0 Å². The van der Waals surface area contributed by atoms with E-state index < -0.39 is 11.7 Å². The van der Waals surface area contributed by atoms with Crippen LogP contribution in [0.1, 0.15) is 64.2 Å². The number of halogens is 3. The van der Waals surface area contributed by atoms with Crippen LogP contribution in [-0.2, 0) is 27.0 Å². The number of nitrogens with one attached hydrogen (secondary N) is 3. The highest BCUT2D eigenvalue weighted by atomic mass is 19.4. The molecule has 3 amide bonds. The molecule has 248 valence electrons. The van der Waals surface area contributed by atoms with Crippen molar-refractivity contribution in [2.24, 2.45) is 5.92 Å². The molecule has 0 saturated carbocycles. The smallest absolute Gasteiger partial charge is 0.416 e. The van der Waals surface area contributed by atoms with E-state index in [1.165, 1.54) is 17.0 Å². The Balaban J connectivity index is 0.00000118. The first-order valence-electron chi connectivity index (χ1n) is 15.2. The number of carbonyl (C=O) groups excluding carboxylic acids is 3. The topological polar surface area (TPSA) is 99.8 Å². The van der Waals surface area contributed by atoms with Gasteiger partial charge in [0.25, 0.3) is 0 Å². The molecule has 0 aliphatic rings. The number of ether oxygens (including phenoxy) is 1. The van der Waals surface area contributed by atoms with E-state index in [4.69, 9.17) is 4.74 Å². The second-order valence-electron chi connectivity index (χ2n) is 9.96. The van der Waals surface area contributed by atoms with Gasteiger partial charge in [-0.3, -0.25) is 14.4 Å². The van der Waals surface area contributed by atoms with E-state index in [0.717, 1.165) is 48.3 Å². The molecule has 8 nitrogen and oxygen atoms in total. The van der Waals surface area contributed by atoms with Gasteiger partial charge in [0.05, 0.1) is 18.2 Å². The van der Waals surface area contributed by atoms with Crippen LogP contribution in [0.4, 0.5) is 13.2 Å². The maximum Gasteiger partial charge on any atom is 0.416 e. The van der Waals surface area contributed by atoms with Crippen molar-refractivity contribution < 1.29 is 32.3 Å². The maximum atomic E-state index is 12.9. The van der Waals surface area contributed by atoms with Crippen molar-refractivity contribution in [3.05, 3.63) is 65.2 Å². The summed E-state index contributed by atoms with van der Waals surface area (Å²) in [6, 6.07) is 12.5. The lowest BCUT2D eigenvalue weighted by Crippen LogP contribution is -2.51. The number of nitrogens with zero attached hydrogens (tertiary/aromatic N) is 1. The number of para-hydroxylation sites is 1. The van der Waals surface area contributed by atoms with E-state index in [0.29, 0.717) is 32.7 Å². The van der Waals surface area contributed by atoms with Crippen LogP contribution in [0.15, 0.2) is 48.5 Å². The SMILES string of the molecule is CC.CCNC(=O)CN(C)C(=O)C(NCCOc1ccccc1CCCNC=O)C(C)CC.Cc1ccc(C(F)(F)F)cc1. The number of hydrogen-bond donors (Lipinski definition) is 3. The Kier molecular flexibility index (Phi) is 21.0. The number of amides is 3. The predicted octanol–water partition coefficient (Wildman–Crippen LogP) is 5.38. The van der Waals surface area contributed by atoms with Crippen molar-refractivity contribution in [3.8, 4) is 5.75 Å². The van der Waals surface area contributed by atoms with Gasteiger partial charge in [0, 0.05) is 26.7 Å². The molecule has 11 heteroatoms. The number of benzene rings is 2. The zero-order valence-electron chi connectivity index (χ0n) is 27.2. The van der Waals surface area contributed by atoms with E-state index in [9.17, 15) is 27.6 Å². The predicted molar refractivity (Wildman–Crippen MR) is 169 cm³/mol. The fourth-order valence-corrected chi connectivity index (χ4v) is 3.96. The monoisotopic (exact) mass is 624 g/mol. The van der Waals surface area contributed by atoms with Crippen LogP contribution in [0.5, 0.6) is 5.75 Å². The Morgan fingerprint density at radius 3 is 2.23 bits per heavy atom. The van der Waals surface area contributed by atoms with Gasteiger partial charge in [0.1, 0.15) is 12.4 Å². The lowest BCUT2D eigenvalue weighted by Gasteiger charge is -2.28. The summed E-state index contributed by atoms with van der Waals surface area (Å²) in [7, 11) is 1.65. The number of hydrogen-bond acceptors (Lipinski definition) is 5. The van der Waals surface area contributed by atoms with Gasteiger partial charge >= 0.3 is 6.18 Å². The van der Waals surface area contributed by atoms with Crippen LogP contribution < -0.4 is 20.7 Å². The van der Waals surface area contributed by atoms with Crippen LogP contribution >= 0.6 is 0 Å². The number of carbonyl (C=O) groups is 3. The van der Waals surface area contributed by atoms with Gasteiger partial charge in [0.2, 0.25) is 18.2 Å². The summed E-state index contributed by atoms with van der Waals surface area (Å²) >= 11 is 0. The van der Waals surface area contributed by atoms with Gasteiger partial charge in [-0.05, 0) is 56.4 Å². The summed E-state index contributed by atoms with van der Waals surface area (Å²) in [5.41, 5.74) is 1.33. The summed E-state index contributed by atoms with van der Waals surface area (Å²) in [5, 5.41) is 8.69. The highest BCUT2D eigenvalue weighted by Gasteiger charge is 2.30. The molecule has 2 rings (SSSR count). The Morgan fingerprint density at radius 1 is 1.02 bits per heavy atom. The van der Waals surface area contributed by atoms with Gasteiger partial charge < -0.3 is 25.6 Å². The minimum Gasteiger partial charge on any atom is -0.492 e. The molecule has 0 aromatic heterocycles. The Morgan fingerprint density at radius 2 is 1.66 bits per heavy atom. The summed E-state index contributed by atoms with van der Waals surface area (Å²) < 4.78 is 41.7. The molecule has 0 aliphatic carbocycles. The van der Waals surface area contributed by atoms with Gasteiger partial charge in [0.15, 0.2) is 0 Å². The molecule has 3 N–H and O–H groups in total. The van der Waals surface area contributed by atoms with Crippen LogP contribution in [0.2, 0.25) is 0 Å². The van der Waals surface area contributed by atoms with E-state index in [1.54, 1.807) is 14.0 Å². The molecule has 0 bridgehead atoms. The zero-order chi connectivity index (χ0) is 33.5. The molecule has 44 heavy (non-hydrogen) atoms. The van der Waals surface area contributed by atoms with Crippen molar-refractivity contribution in [2.75, 3.05) is 39.8 Å². The second kappa shape index (κ2) is 22.9. The molecule has 2 atom stereocenters. The summed E-state index contributed by atoms with van der Waals surface area (Å²) in [4.78, 5) is 36.5. The molecule has 0 saturated heterocycles. The van der Waals surface area contributed by atoms with Crippen LogP contribution in [0, 0.1) is 12.8 Å². The standard InChI is InChI=1S/C23H38N4O4.C8H7F3.C2H6/c1-5-18(3)22(23(30)27(4)16-21(29)25-6-2)26-14-15-31-20-12-8-7-10-19(20)11-9-13-24-17-28;1-6-2-4-7(5-3-6)8(9,10)11;1-2/h7-8,10,12,17-18,22,26H,5-6,9,11,13-16H2,1-4H3,(H,24,28)(H,25,29);2-5H,1H3;1-2H3. The van der Waals surface area contributed by atoms with Gasteiger partial charge in [-0.1, -0.05) is 70.0 Å². The van der Waals surface area contributed by atoms with E-state index in [2.05, 4.69) is 16.0 Å². The van der Waals surface area contributed by atoms with Crippen molar-refractivity contribution in [3.63, 3.8) is 0 Å². The average Bonchev–Trinajstić information content (AvgIpc) is 3.00. The quantitative estimate of drug-likeness (QED) is 0.172. The van der Waals surface area contributed by atoms with Crippen molar-refractivity contribution in [1.29, 1.82) is 0 Å². The zero-order valence-corrected chi connectivity index (χ0v) is 27.2. The fraction of sp³-hybridized carbons (Fsp3) is 0.545. The maximum absolute atomic E-state index is 12.9. The average molecular weight is 625 g/mol. The molecule has 2 aromatic carbocycles. The third-order valence-electron chi connectivity index (χ3n) is 6.54. The summed E-state index contributed by atoms with van der Waals surface area (Å²) in [6.45, 7) is 13.8. The minimum atomic E-state index is -4.21. The summed E-state index contributed by atoms with van der Waals surface area (Å²) in [6.07, 6.45) is -1.02. The third kappa shape index (κ3) is 16.3. The second-order valence-corrected chi connectivity index (χ2v) is 9.96. The lowest BCUT2D eigenvalue weighted by molar-refractivity contribution is -0.137. The van der Waals surface area contributed by atoms with Crippen LogP contribution in [-0.4, -0.2) is 69.0 Å². The number of aryl methyl sites for hydroxylation is 2. The Bertz CT molecular complexity index is 1080. The van der Waals surface area contributed by atoms with Gasteiger partial charge in [-0.15, -0.1) is 0 Å². The molecular formula is C33H51F3N4O4. The molecule has 2 unspecified atom stereocenters.